The first-order chi connectivity index (χ1) is 10.0. The van der Waals surface area contributed by atoms with Crippen LogP contribution >= 0.6 is 0 Å². The molecule has 110 valence electrons. The normalized spacial score (nSPS) is 20.3. The Morgan fingerprint density at radius 1 is 1.43 bits per heavy atom. The minimum absolute atomic E-state index is 0.000241. The van der Waals surface area contributed by atoms with Crippen LogP contribution in [-0.4, -0.2) is 51.6 Å². The van der Waals surface area contributed by atoms with Crippen LogP contribution in [0.5, 0.6) is 0 Å². The predicted molar refractivity (Wildman–Crippen MR) is 73.7 cm³/mol. The third-order valence-electron chi connectivity index (χ3n) is 3.23. The minimum atomic E-state index is -3.02. The highest BCUT2D eigenvalue weighted by molar-refractivity contribution is 7.91. The fourth-order valence-electron chi connectivity index (χ4n) is 2.19. The lowest BCUT2D eigenvalue weighted by Gasteiger charge is -2.11. The van der Waals surface area contributed by atoms with Crippen LogP contribution < -0.4 is 5.32 Å². The number of hydrogen-bond donors (Lipinski definition) is 1. The van der Waals surface area contributed by atoms with Gasteiger partial charge in [-0.15, -0.1) is 0 Å². The van der Waals surface area contributed by atoms with Crippen LogP contribution in [0.15, 0.2) is 31.0 Å². The summed E-state index contributed by atoms with van der Waals surface area (Å²) in [5, 5.41) is 6.67. The number of nitrogens with one attached hydrogen (secondary N) is 1. The average Bonchev–Trinajstić information content (AvgIpc) is 3.09. The number of carbonyl (C=O) groups is 1. The van der Waals surface area contributed by atoms with Crippen molar-refractivity contribution < 1.29 is 13.2 Å². The van der Waals surface area contributed by atoms with Gasteiger partial charge in [-0.05, 0) is 18.6 Å². The van der Waals surface area contributed by atoms with E-state index in [9.17, 15) is 13.2 Å². The van der Waals surface area contributed by atoms with Gasteiger partial charge < -0.3 is 5.32 Å². The summed E-state index contributed by atoms with van der Waals surface area (Å²) in [6.45, 7) is 0. The molecule has 0 saturated carbocycles. The predicted octanol–water partition coefficient (Wildman–Crippen LogP) is -0.421. The topological polar surface area (TPSA) is 107 Å². The number of hydrogen-bond acceptors (Lipinski definition) is 6. The largest absolute Gasteiger partial charge is 0.348 e. The van der Waals surface area contributed by atoms with E-state index in [4.69, 9.17) is 0 Å². The van der Waals surface area contributed by atoms with E-state index in [0.29, 0.717) is 17.8 Å². The van der Waals surface area contributed by atoms with Crippen molar-refractivity contribution in [3.8, 4) is 5.82 Å². The Labute approximate surface area is 121 Å². The number of sulfone groups is 1. The molecular weight excluding hydrogens is 294 g/mol. The van der Waals surface area contributed by atoms with Gasteiger partial charge in [0, 0.05) is 17.8 Å². The molecule has 0 aliphatic carbocycles. The lowest BCUT2D eigenvalue weighted by molar-refractivity contribution is 0.0941. The Hall–Kier alpha value is -2.29. The molecule has 0 spiro atoms. The Bertz CT molecular complexity index is 757. The van der Waals surface area contributed by atoms with Gasteiger partial charge in [0.2, 0.25) is 0 Å². The van der Waals surface area contributed by atoms with Gasteiger partial charge in [-0.25, -0.2) is 23.1 Å². The van der Waals surface area contributed by atoms with Crippen LogP contribution in [0.3, 0.4) is 0 Å². The second kappa shape index (κ2) is 5.24. The van der Waals surface area contributed by atoms with Crippen LogP contribution in [-0.2, 0) is 9.84 Å². The molecular formula is C12H13N5O3S. The van der Waals surface area contributed by atoms with Crippen molar-refractivity contribution >= 4 is 15.7 Å². The molecule has 1 saturated heterocycles. The van der Waals surface area contributed by atoms with Gasteiger partial charge in [0.25, 0.3) is 5.91 Å². The van der Waals surface area contributed by atoms with Gasteiger partial charge >= 0.3 is 0 Å². The molecule has 1 amide bonds. The molecule has 1 aliphatic heterocycles. The zero-order valence-corrected chi connectivity index (χ0v) is 11.8. The second-order valence-electron chi connectivity index (χ2n) is 4.82. The van der Waals surface area contributed by atoms with Gasteiger partial charge in [0.05, 0.1) is 11.5 Å². The van der Waals surface area contributed by atoms with E-state index in [2.05, 4.69) is 20.4 Å². The number of amides is 1. The summed E-state index contributed by atoms with van der Waals surface area (Å²) < 4.78 is 24.2. The molecule has 1 fully saturated rings. The van der Waals surface area contributed by atoms with Crippen molar-refractivity contribution in [3.05, 3.63) is 36.5 Å². The Morgan fingerprint density at radius 3 is 2.95 bits per heavy atom. The number of carbonyl (C=O) groups excluding carboxylic acids is 1. The van der Waals surface area contributed by atoms with Gasteiger partial charge in [0.1, 0.15) is 12.7 Å². The standard InChI is InChI=1S/C12H13N5O3S/c18-12(16-10-2-4-21(19,20)6-10)9-1-3-14-11(5-9)17-8-13-7-15-17/h1,3,5,7-8,10H,2,4,6H2,(H,16,18)/t10-/m1/s1. The van der Waals surface area contributed by atoms with Crippen molar-refractivity contribution in [2.45, 2.75) is 12.5 Å². The summed E-state index contributed by atoms with van der Waals surface area (Å²) >= 11 is 0. The summed E-state index contributed by atoms with van der Waals surface area (Å²) in [6.07, 6.45) is 4.80. The first-order valence-corrected chi connectivity index (χ1v) is 8.18. The van der Waals surface area contributed by atoms with Crippen molar-refractivity contribution in [2.24, 2.45) is 0 Å². The zero-order valence-electron chi connectivity index (χ0n) is 11.0. The zero-order chi connectivity index (χ0) is 14.9. The van der Waals surface area contributed by atoms with Crippen molar-refractivity contribution in [1.29, 1.82) is 0 Å². The van der Waals surface area contributed by atoms with Gasteiger partial charge in [-0.3, -0.25) is 4.79 Å². The molecule has 3 rings (SSSR count). The second-order valence-corrected chi connectivity index (χ2v) is 7.04. The molecule has 0 unspecified atom stereocenters. The fourth-order valence-corrected chi connectivity index (χ4v) is 3.86. The smallest absolute Gasteiger partial charge is 0.251 e. The van der Waals surface area contributed by atoms with E-state index < -0.39 is 9.84 Å². The van der Waals surface area contributed by atoms with Crippen LogP contribution in [0.2, 0.25) is 0 Å². The molecule has 0 radical (unpaired) electrons. The fraction of sp³-hybridized carbons (Fsp3) is 0.333. The SMILES string of the molecule is O=C(N[C@@H]1CCS(=O)(=O)C1)c1ccnc(-n2cncn2)c1. The number of aromatic nitrogens is 4. The van der Waals surface area contributed by atoms with Gasteiger partial charge in [0.15, 0.2) is 15.7 Å². The van der Waals surface area contributed by atoms with Crippen molar-refractivity contribution in [1.82, 2.24) is 25.1 Å². The minimum Gasteiger partial charge on any atom is -0.348 e. The lowest BCUT2D eigenvalue weighted by Crippen LogP contribution is -2.35. The molecule has 9 heteroatoms. The number of nitrogens with zero attached hydrogens (tertiary/aromatic N) is 4. The summed E-state index contributed by atoms with van der Waals surface area (Å²) in [5.41, 5.74) is 0.403. The molecule has 2 aromatic heterocycles. The van der Waals surface area contributed by atoms with Crippen LogP contribution in [0.4, 0.5) is 0 Å². The first kappa shape index (κ1) is 13.7. The van der Waals surface area contributed by atoms with Crippen molar-refractivity contribution in [3.63, 3.8) is 0 Å². The Morgan fingerprint density at radius 2 is 2.29 bits per heavy atom. The molecule has 8 nitrogen and oxygen atoms in total. The van der Waals surface area contributed by atoms with Gasteiger partial charge in [-0.1, -0.05) is 0 Å². The van der Waals surface area contributed by atoms with Crippen molar-refractivity contribution in [2.75, 3.05) is 11.5 Å². The maximum atomic E-state index is 12.2. The average molecular weight is 307 g/mol. The van der Waals surface area contributed by atoms with Gasteiger partial charge in [-0.2, -0.15) is 5.10 Å². The Balaban J connectivity index is 1.75. The molecule has 1 aliphatic rings. The maximum absolute atomic E-state index is 12.2. The lowest BCUT2D eigenvalue weighted by atomic mass is 10.2. The molecule has 0 aromatic carbocycles. The molecule has 2 aromatic rings. The molecule has 3 heterocycles. The molecule has 1 N–H and O–H groups in total. The number of pyridine rings is 1. The monoisotopic (exact) mass is 307 g/mol. The highest BCUT2D eigenvalue weighted by atomic mass is 32.2. The third kappa shape index (κ3) is 3.07. The van der Waals surface area contributed by atoms with E-state index in [1.807, 2.05) is 0 Å². The van der Waals surface area contributed by atoms with Crippen LogP contribution in [0, 0.1) is 0 Å². The summed E-state index contributed by atoms with van der Waals surface area (Å²) in [5.74, 6) is 0.276. The highest BCUT2D eigenvalue weighted by Crippen LogP contribution is 2.12. The summed E-state index contributed by atoms with van der Waals surface area (Å²) in [6, 6.07) is 2.82. The van der Waals surface area contributed by atoms with E-state index in [0.717, 1.165) is 0 Å². The highest BCUT2D eigenvalue weighted by Gasteiger charge is 2.29. The van der Waals surface area contributed by atoms with E-state index in [-0.39, 0.29) is 23.5 Å². The van der Waals surface area contributed by atoms with Crippen LogP contribution in [0.1, 0.15) is 16.8 Å². The maximum Gasteiger partial charge on any atom is 0.251 e. The van der Waals surface area contributed by atoms with E-state index in [1.54, 1.807) is 12.1 Å². The van der Waals surface area contributed by atoms with Crippen LogP contribution in [0.25, 0.3) is 5.82 Å². The summed E-state index contributed by atoms with van der Waals surface area (Å²) in [7, 11) is -3.02. The third-order valence-corrected chi connectivity index (χ3v) is 5.00. The molecule has 0 bridgehead atoms. The quantitative estimate of drug-likeness (QED) is 0.825. The van der Waals surface area contributed by atoms with E-state index >= 15 is 0 Å². The van der Waals surface area contributed by atoms with E-state index in [1.165, 1.54) is 23.5 Å². The number of rotatable bonds is 3. The first-order valence-electron chi connectivity index (χ1n) is 6.36. The summed E-state index contributed by atoms with van der Waals surface area (Å²) in [4.78, 5) is 20.1. The molecule has 21 heavy (non-hydrogen) atoms. The molecule has 1 atom stereocenters. The Kier molecular flexibility index (Phi) is 3.42.